The molecule has 0 saturated heterocycles. The van der Waals surface area contributed by atoms with Crippen molar-refractivity contribution >= 4 is 29.0 Å². The van der Waals surface area contributed by atoms with Gasteiger partial charge in [0.1, 0.15) is 5.75 Å². The highest BCUT2D eigenvalue weighted by Gasteiger charge is 2.31. The van der Waals surface area contributed by atoms with Crippen molar-refractivity contribution in [2.75, 3.05) is 11.9 Å². The maximum absolute atomic E-state index is 12.4. The molecule has 0 aliphatic carbocycles. The summed E-state index contributed by atoms with van der Waals surface area (Å²) in [5, 5.41) is 7.16. The number of carbonyl (C=O) groups is 2. The smallest absolute Gasteiger partial charge is 0.406 e. The fraction of sp³-hybridized carbons (Fsp3) is 0.227. The van der Waals surface area contributed by atoms with Crippen LogP contribution in [0.1, 0.15) is 13.3 Å². The van der Waals surface area contributed by atoms with Crippen LogP contribution in [-0.4, -0.2) is 29.4 Å². The van der Waals surface area contributed by atoms with E-state index in [0.29, 0.717) is 41.3 Å². The number of para-hydroxylation sites is 1. The van der Waals surface area contributed by atoms with Crippen LogP contribution in [-0.2, 0) is 11.3 Å². The van der Waals surface area contributed by atoms with Crippen molar-refractivity contribution < 1.29 is 27.5 Å². The molecule has 0 aliphatic rings. The van der Waals surface area contributed by atoms with E-state index in [0.717, 1.165) is 0 Å². The first-order valence-corrected chi connectivity index (χ1v) is 10.8. The zero-order chi connectivity index (χ0) is 23.8. The third kappa shape index (κ3) is 7.49. The summed E-state index contributed by atoms with van der Waals surface area (Å²) in [6.45, 7) is 2.27. The van der Waals surface area contributed by atoms with E-state index < -0.39 is 12.4 Å². The summed E-state index contributed by atoms with van der Waals surface area (Å²) in [4.78, 5) is 28.1. The average Bonchev–Trinajstić information content (AvgIpc) is 3.13. The number of nitrogens with zero attached hydrogens (tertiary/aromatic N) is 2. The molecule has 2 N–H and O–H groups in total. The van der Waals surface area contributed by atoms with E-state index in [-0.39, 0.29) is 11.7 Å². The van der Waals surface area contributed by atoms with Gasteiger partial charge in [-0.25, -0.2) is 4.79 Å². The molecule has 0 fully saturated rings. The highest BCUT2D eigenvalue weighted by molar-refractivity contribution is 7.07. The van der Waals surface area contributed by atoms with E-state index in [4.69, 9.17) is 0 Å². The molecule has 174 valence electrons. The minimum Gasteiger partial charge on any atom is -0.406 e. The standard InChI is InChI=1S/C22H21F3N4O3S/c1-15(30)26-12-5-13-29-19(16-8-10-18(11-9-16)32-22(23,24)25)14-33-21(29)28-20(31)27-17-6-3-2-4-7-17/h2-4,6-11,14H,5,12-13H2,1H3,(H,26,30)(H,27,31)/b28-21-. The lowest BCUT2D eigenvalue weighted by Crippen LogP contribution is -2.25. The molecular weight excluding hydrogens is 457 g/mol. The Morgan fingerprint density at radius 1 is 1.09 bits per heavy atom. The van der Waals surface area contributed by atoms with Gasteiger partial charge in [0.15, 0.2) is 4.80 Å². The van der Waals surface area contributed by atoms with Gasteiger partial charge in [-0.15, -0.1) is 24.5 Å². The maximum Gasteiger partial charge on any atom is 0.573 e. The Kier molecular flexibility index (Phi) is 7.88. The van der Waals surface area contributed by atoms with Crippen molar-refractivity contribution in [3.05, 3.63) is 64.8 Å². The van der Waals surface area contributed by atoms with Gasteiger partial charge in [-0.1, -0.05) is 18.2 Å². The lowest BCUT2D eigenvalue weighted by atomic mass is 10.1. The van der Waals surface area contributed by atoms with Crippen molar-refractivity contribution in [2.24, 2.45) is 4.99 Å². The molecule has 3 amide bonds. The summed E-state index contributed by atoms with van der Waals surface area (Å²) < 4.78 is 43.0. The largest absolute Gasteiger partial charge is 0.573 e. The van der Waals surface area contributed by atoms with Crippen molar-refractivity contribution in [1.29, 1.82) is 0 Å². The second-order valence-corrected chi connectivity index (χ2v) is 7.71. The van der Waals surface area contributed by atoms with E-state index in [1.807, 2.05) is 6.07 Å². The molecule has 0 spiro atoms. The van der Waals surface area contributed by atoms with Gasteiger partial charge in [-0.3, -0.25) is 4.79 Å². The molecule has 2 aromatic carbocycles. The number of hydrogen-bond donors (Lipinski definition) is 2. The predicted molar refractivity (Wildman–Crippen MR) is 119 cm³/mol. The highest BCUT2D eigenvalue weighted by atomic mass is 32.1. The molecule has 0 radical (unpaired) electrons. The summed E-state index contributed by atoms with van der Waals surface area (Å²) in [5.74, 6) is -0.483. The van der Waals surface area contributed by atoms with Crippen LogP contribution < -0.4 is 20.2 Å². The van der Waals surface area contributed by atoms with Crippen LogP contribution in [0.15, 0.2) is 65.0 Å². The van der Waals surface area contributed by atoms with Gasteiger partial charge in [0.2, 0.25) is 5.91 Å². The summed E-state index contributed by atoms with van der Waals surface area (Å²) in [7, 11) is 0. The third-order valence-electron chi connectivity index (χ3n) is 4.34. The molecule has 0 atom stereocenters. The second-order valence-electron chi connectivity index (χ2n) is 6.87. The van der Waals surface area contributed by atoms with E-state index in [1.54, 1.807) is 34.2 Å². The van der Waals surface area contributed by atoms with Crippen LogP contribution in [0.25, 0.3) is 11.3 Å². The lowest BCUT2D eigenvalue weighted by Gasteiger charge is -2.11. The van der Waals surface area contributed by atoms with Gasteiger partial charge in [-0.05, 0) is 48.4 Å². The first-order chi connectivity index (χ1) is 15.7. The number of thiazole rings is 1. The molecule has 0 aliphatic heterocycles. The Hall–Kier alpha value is -3.60. The number of amides is 3. The monoisotopic (exact) mass is 478 g/mol. The number of halogens is 3. The van der Waals surface area contributed by atoms with Crippen LogP contribution in [0, 0.1) is 0 Å². The summed E-state index contributed by atoms with van der Waals surface area (Å²) in [5.41, 5.74) is 1.90. The van der Waals surface area contributed by atoms with Gasteiger partial charge in [0.25, 0.3) is 0 Å². The Labute approximate surface area is 191 Å². The average molecular weight is 478 g/mol. The molecule has 0 saturated carbocycles. The molecule has 0 bridgehead atoms. The quantitative estimate of drug-likeness (QED) is 0.480. The number of nitrogens with one attached hydrogen (secondary N) is 2. The van der Waals surface area contributed by atoms with Crippen LogP contribution in [0.2, 0.25) is 0 Å². The number of urea groups is 1. The van der Waals surface area contributed by atoms with E-state index in [9.17, 15) is 22.8 Å². The summed E-state index contributed by atoms with van der Waals surface area (Å²) >= 11 is 1.23. The normalized spacial score (nSPS) is 11.8. The predicted octanol–water partition coefficient (Wildman–Crippen LogP) is 4.77. The van der Waals surface area contributed by atoms with E-state index in [1.165, 1.54) is 42.5 Å². The van der Waals surface area contributed by atoms with E-state index >= 15 is 0 Å². The lowest BCUT2D eigenvalue weighted by molar-refractivity contribution is -0.274. The summed E-state index contributed by atoms with van der Waals surface area (Å²) in [6, 6.07) is 13.8. The van der Waals surface area contributed by atoms with Crippen molar-refractivity contribution in [3.63, 3.8) is 0 Å². The van der Waals surface area contributed by atoms with Crippen LogP contribution >= 0.6 is 11.3 Å². The fourth-order valence-electron chi connectivity index (χ4n) is 2.95. The second kappa shape index (κ2) is 10.8. The van der Waals surface area contributed by atoms with Gasteiger partial charge < -0.3 is 19.9 Å². The highest BCUT2D eigenvalue weighted by Crippen LogP contribution is 2.27. The number of rotatable bonds is 7. The minimum atomic E-state index is -4.77. The Morgan fingerprint density at radius 3 is 2.42 bits per heavy atom. The molecule has 7 nitrogen and oxygen atoms in total. The van der Waals surface area contributed by atoms with Crippen molar-refractivity contribution in [2.45, 2.75) is 26.3 Å². The van der Waals surface area contributed by atoms with Crippen molar-refractivity contribution in [3.8, 4) is 17.0 Å². The number of ether oxygens (including phenoxy) is 1. The molecule has 1 aromatic heterocycles. The zero-order valence-electron chi connectivity index (χ0n) is 17.6. The maximum atomic E-state index is 12.4. The Morgan fingerprint density at radius 2 is 1.79 bits per heavy atom. The number of alkyl halides is 3. The van der Waals surface area contributed by atoms with Gasteiger partial charge in [0.05, 0.1) is 5.69 Å². The third-order valence-corrected chi connectivity index (χ3v) is 5.20. The van der Waals surface area contributed by atoms with Gasteiger partial charge in [-0.2, -0.15) is 4.99 Å². The van der Waals surface area contributed by atoms with Gasteiger partial charge >= 0.3 is 12.4 Å². The number of aromatic nitrogens is 1. The minimum absolute atomic E-state index is 0.155. The Balaban J connectivity index is 1.87. The fourth-order valence-corrected chi connectivity index (χ4v) is 3.89. The SMILES string of the molecule is CC(=O)NCCCn1c(-c2ccc(OC(F)(F)F)cc2)cs/c1=N\C(=O)Nc1ccccc1. The molecule has 3 aromatic rings. The van der Waals surface area contributed by atoms with Crippen LogP contribution in [0.4, 0.5) is 23.7 Å². The number of carbonyl (C=O) groups excluding carboxylic acids is 2. The number of anilines is 1. The number of benzene rings is 2. The molecule has 3 rings (SSSR count). The van der Waals surface area contributed by atoms with Crippen LogP contribution in [0.3, 0.4) is 0 Å². The molecule has 0 unspecified atom stereocenters. The molecule has 11 heteroatoms. The van der Waals surface area contributed by atoms with Gasteiger partial charge in [0, 0.05) is 31.1 Å². The topological polar surface area (TPSA) is 84.7 Å². The van der Waals surface area contributed by atoms with Crippen molar-refractivity contribution in [1.82, 2.24) is 9.88 Å². The molecule has 33 heavy (non-hydrogen) atoms. The summed E-state index contributed by atoms with van der Waals surface area (Å²) in [6.07, 6.45) is -4.21. The molecule has 1 heterocycles. The first-order valence-electron chi connectivity index (χ1n) is 9.91. The number of hydrogen-bond acceptors (Lipinski definition) is 4. The zero-order valence-corrected chi connectivity index (χ0v) is 18.4. The Bertz CT molecular complexity index is 1160. The molecular formula is C22H21F3N4O3S. The van der Waals surface area contributed by atoms with Crippen LogP contribution in [0.5, 0.6) is 5.75 Å². The van der Waals surface area contributed by atoms with E-state index in [2.05, 4.69) is 20.4 Å². The first kappa shape index (κ1) is 24.1.